The molecule has 0 N–H and O–H groups in total. The smallest absolute Gasteiger partial charge is 0.0553 e. The van der Waals surface area contributed by atoms with Gasteiger partial charge in [-0.15, -0.1) is 0 Å². The van der Waals surface area contributed by atoms with Gasteiger partial charge in [-0.2, -0.15) is 0 Å². The summed E-state index contributed by atoms with van der Waals surface area (Å²) >= 11 is 0. The third-order valence-corrected chi connectivity index (χ3v) is 13.9. The van der Waals surface area contributed by atoms with Gasteiger partial charge in [-0.1, -0.05) is 74.5 Å². The Kier molecular flexibility index (Phi) is 4.30. The Morgan fingerprint density at radius 1 is 0.760 bits per heavy atom. The van der Waals surface area contributed by atoms with Gasteiger partial charge in [-0.3, -0.25) is 0 Å². The van der Waals surface area contributed by atoms with E-state index in [0.717, 1.165) is 46.6 Å². The van der Waals surface area contributed by atoms with Crippen LogP contribution < -0.4 is 0 Å². The maximum Gasteiger partial charge on any atom is 0.0553 e. The summed E-state index contributed by atoms with van der Waals surface area (Å²) in [6, 6.07) is 0. The van der Waals surface area contributed by atoms with Crippen LogP contribution in [0.4, 0.5) is 0 Å². The highest BCUT2D eigenvalue weighted by atomic mass is 28.3. The van der Waals surface area contributed by atoms with E-state index in [4.69, 9.17) is 0 Å². The Labute approximate surface area is 156 Å². The number of hydrogen-bond donors (Lipinski definition) is 0. The van der Waals surface area contributed by atoms with Crippen LogP contribution >= 0.6 is 0 Å². The quantitative estimate of drug-likeness (QED) is 0.469. The normalized spacial score (nSPS) is 45.8. The lowest BCUT2D eigenvalue weighted by Gasteiger charge is -2.45. The molecule has 0 nitrogen and oxygen atoms in total. The molecule has 1 heteroatoms. The van der Waals surface area contributed by atoms with Crippen LogP contribution in [-0.2, 0) is 0 Å². The molecule has 0 radical (unpaired) electrons. The summed E-state index contributed by atoms with van der Waals surface area (Å²) in [5.41, 5.74) is 5.17. The number of rotatable bonds is 2. The number of allylic oxidation sites excluding steroid dienone is 8. The Bertz CT molecular complexity index is 606. The van der Waals surface area contributed by atoms with Crippen molar-refractivity contribution < 1.29 is 0 Å². The maximum absolute atomic E-state index is 2.75. The van der Waals surface area contributed by atoms with Gasteiger partial charge in [0.1, 0.15) is 0 Å². The molecular weight excluding hydrogens is 316 g/mol. The zero-order valence-electron chi connectivity index (χ0n) is 17.0. The average Bonchev–Trinajstić information content (AvgIpc) is 3.06. The first kappa shape index (κ1) is 17.6. The molecule has 0 aromatic rings. The summed E-state index contributed by atoms with van der Waals surface area (Å²) in [4.78, 5) is 0. The van der Waals surface area contributed by atoms with Crippen LogP contribution in [0.15, 0.2) is 47.6 Å². The van der Waals surface area contributed by atoms with Gasteiger partial charge < -0.3 is 0 Å². The first-order chi connectivity index (χ1) is 11.8. The fraction of sp³-hybridized carbons (Fsp3) is 0.667. The van der Waals surface area contributed by atoms with E-state index < -0.39 is 8.07 Å². The summed E-state index contributed by atoms with van der Waals surface area (Å²) in [7, 11) is -1.40. The van der Waals surface area contributed by atoms with E-state index >= 15 is 0 Å². The predicted octanol–water partition coefficient (Wildman–Crippen LogP) is 7.01. The van der Waals surface area contributed by atoms with E-state index in [2.05, 4.69) is 77.2 Å². The highest BCUT2D eigenvalue weighted by Gasteiger charge is 2.57. The molecular formula is C24H36Si. The topological polar surface area (TPSA) is 0 Å². The fourth-order valence-corrected chi connectivity index (χ4v) is 14.1. The van der Waals surface area contributed by atoms with Gasteiger partial charge in [0.25, 0.3) is 0 Å². The van der Waals surface area contributed by atoms with Crippen molar-refractivity contribution >= 4 is 8.07 Å². The lowest BCUT2D eigenvalue weighted by molar-refractivity contribution is 0.481. The molecule has 2 fully saturated rings. The van der Waals surface area contributed by atoms with Crippen molar-refractivity contribution in [3.63, 3.8) is 0 Å². The molecule has 0 bridgehead atoms. The van der Waals surface area contributed by atoms with Crippen LogP contribution in [0.3, 0.4) is 0 Å². The molecule has 4 rings (SSSR count). The minimum Gasteiger partial charge on any atom is -0.0808 e. The monoisotopic (exact) mass is 352 g/mol. The first-order valence-corrected chi connectivity index (χ1v) is 13.7. The Hall–Kier alpha value is -0.823. The van der Waals surface area contributed by atoms with Gasteiger partial charge >= 0.3 is 0 Å². The van der Waals surface area contributed by atoms with Crippen LogP contribution in [0.1, 0.15) is 40.5 Å². The highest BCUT2D eigenvalue weighted by Crippen LogP contribution is 2.63. The van der Waals surface area contributed by atoms with Crippen molar-refractivity contribution in [1.82, 2.24) is 0 Å². The molecule has 0 amide bonds. The van der Waals surface area contributed by atoms with Crippen molar-refractivity contribution in [2.24, 2.45) is 35.5 Å². The van der Waals surface area contributed by atoms with Crippen molar-refractivity contribution in [3.05, 3.63) is 47.6 Å². The molecule has 136 valence electrons. The summed E-state index contributed by atoms with van der Waals surface area (Å²) in [5.74, 6) is 5.06. The number of hydrogen-bond acceptors (Lipinski definition) is 0. The Morgan fingerprint density at radius 2 is 1.16 bits per heavy atom. The molecule has 0 spiro atoms. The Balaban J connectivity index is 1.67. The lowest BCUT2D eigenvalue weighted by atomic mass is 9.85. The van der Waals surface area contributed by atoms with E-state index in [1.807, 2.05) is 0 Å². The second kappa shape index (κ2) is 6.11. The third-order valence-electron chi connectivity index (χ3n) is 8.51. The first-order valence-electron chi connectivity index (χ1n) is 10.5. The van der Waals surface area contributed by atoms with Crippen molar-refractivity contribution in [3.8, 4) is 0 Å². The van der Waals surface area contributed by atoms with E-state index in [0.29, 0.717) is 0 Å². The zero-order chi connectivity index (χ0) is 17.9. The van der Waals surface area contributed by atoms with E-state index in [1.165, 1.54) is 12.8 Å². The lowest BCUT2D eigenvalue weighted by Crippen LogP contribution is -2.45. The average molecular weight is 353 g/mol. The van der Waals surface area contributed by atoms with Crippen LogP contribution in [0.2, 0.25) is 24.2 Å². The van der Waals surface area contributed by atoms with Crippen LogP contribution in [0.25, 0.3) is 0 Å². The molecule has 4 aliphatic carbocycles. The summed E-state index contributed by atoms with van der Waals surface area (Å²) in [6.45, 7) is 15.4. The van der Waals surface area contributed by atoms with Crippen LogP contribution in [-0.4, -0.2) is 8.07 Å². The zero-order valence-corrected chi connectivity index (χ0v) is 18.0. The van der Waals surface area contributed by atoms with Gasteiger partial charge in [0.2, 0.25) is 0 Å². The molecule has 0 saturated heterocycles. The molecule has 2 saturated carbocycles. The van der Waals surface area contributed by atoms with Gasteiger partial charge in [0, 0.05) is 0 Å². The van der Waals surface area contributed by atoms with Gasteiger partial charge in [0.05, 0.1) is 8.07 Å². The van der Waals surface area contributed by atoms with E-state index in [-0.39, 0.29) is 0 Å². The molecule has 0 aromatic heterocycles. The molecule has 8 atom stereocenters. The standard InChI is InChI=1S/C24H36Si/c1-15-9-7-11-19-21(15)13-17(3)23(19)25(5,6)24-18(4)14-22-16(2)10-8-12-20(22)24/h7-12,17-24H,13-14H2,1-6H3. The van der Waals surface area contributed by atoms with E-state index in [1.54, 1.807) is 11.1 Å². The molecule has 4 aliphatic rings. The molecule has 25 heavy (non-hydrogen) atoms. The highest BCUT2D eigenvalue weighted by molar-refractivity contribution is 6.80. The fourth-order valence-electron chi connectivity index (χ4n) is 7.75. The predicted molar refractivity (Wildman–Crippen MR) is 112 cm³/mol. The maximum atomic E-state index is 2.75. The van der Waals surface area contributed by atoms with Crippen molar-refractivity contribution in [2.75, 3.05) is 0 Å². The van der Waals surface area contributed by atoms with Gasteiger partial charge in [-0.05, 0) is 73.3 Å². The van der Waals surface area contributed by atoms with Crippen molar-refractivity contribution in [2.45, 2.75) is 64.7 Å². The van der Waals surface area contributed by atoms with Crippen LogP contribution in [0, 0.1) is 35.5 Å². The summed E-state index contributed by atoms with van der Waals surface area (Å²) in [5, 5.41) is 0. The second-order valence-corrected chi connectivity index (χ2v) is 15.2. The van der Waals surface area contributed by atoms with Crippen molar-refractivity contribution in [1.29, 1.82) is 0 Å². The number of fused-ring (bicyclic) bond motifs is 2. The summed E-state index contributed by atoms with van der Waals surface area (Å²) < 4.78 is 0. The third kappa shape index (κ3) is 2.60. The van der Waals surface area contributed by atoms with E-state index in [9.17, 15) is 0 Å². The van der Waals surface area contributed by atoms with Gasteiger partial charge in [-0.25, -0.2) is 0 Å². The Morgan fingerprint density at radius 3 is 1.56 bits per heavy atom. The largest absolute Gasteiger partial charge is 0.0808 e. The minimum atomic E-state index is -1.40. The SMILES string of the molecule is CC1=CC=CC2C1CC(C)C2[Si](C)(C)C1C(C)CC2C(C)=CC=CC21. The molecule has 0 heterocycles. The summed E-state index contributed by atoms with van der Waals surface area (Å²) in [6.07, 6.45) is 17.5. The van der Waals surface area contributed by atoms with Gasteiger partial charge in [0.15, 0.2) is 0 Å². The molecule has 8 unspecified atom stereocenters. The second-order valence-electron chi connectivity index (χ2n) is 10.3. The van der Waals surface area contributed by atoms with Crippen LogP contribution in [0.5, 0.6) is 0 Å². The molecule has 0 aliphatic heterocycles. The minimum absolute atomic E-state index is 0.817. The molecule has 0 aromatic carbocycles.